The van der Waals surface area contributed by atoms with Crippen molar-refractivity contribution in [2.75, 3.05) is 47.4 Å². The summed E-state index contributed by atoms with van der Waals surface area (Å²) in [5.74, 6) is 0.825. The molecule has 1 aromatic rings. The zero-order chi connectivity index (χ0) is 15.5. The number of rotatable bonds is 9. The molecule has 1 heterocycles. The number of nitrogens with zero attached hydrogens (tertiary/aromatic N) is 3. The van der Waals surface area contributed by atoms with E-state index in [9.17, 15) is 0 Å². The van der Waals surface area contributed by atoms with E-state index in [1.54, 1.807) is 25.5 Å². The number of hydrogen-bond acceptors (Lipinski definition) is 5. The second-order valence-corrected chi connectivity index (χ2v) is 6.17. The molecule has 0 spiro atoms. The van der Waals surface area contributed by atoms with Crippen molar-refractivity contribution in [2.24, 2.45) is 4.99 Å². The molecule has 0 atom stereocenters. The van der Waals surface area contributed by atoms with Crippen molar-refractivity contribution in [2.45, 2.75) is 19.9 Å². The molecule has 0 radical (unpaired) electrons. The fraction of sp³-hybridized carbons (Fsp3) is 0.714. The number of likely N-dealkylation sites (N-methyl/N-ethyl adjacent to an activating group) is 1. The van der Waals surface area contributed by atoms with E-state index in [0.717, 1.165) is 50.2 Å². The van der Waals surface area contributed by atoms with Crippen LogP contribution in [0, 0.1) is 6.92 Å². The molecule has 0 aromatic carbocycles. The van der Waals surface area contributed by atoms with Crippen molar-refractivity contribution in [3.8, 4) is 0 Å². The van der Waals surface area contributed by atoms with Crippen LogP contribution < -0.4 is 10.6 Å². The molecule has 0 saturated heterocycles. The zero-order valence-corrected chi connectivity index (χ0v) is 14.3. The highest BCUT2D eigenvalue weighted by Crippen LogP contribution is 2.10. The minimum absolute atomic E-state index is 0.759. The van der Waals surface area contributed by atoms with Gasteiger partial charge in [-0.05, 0) is 20.4 Å². The molecule has 6 nitrogen and oxygen atoms in total. The number of guanidine groups is 1. The highest BCUT2D eigenvalue weighted by atomic mass is 32.1. The third kappa shape index (κ3) is 7.99. The molecule has 0 bridgehead atoms. The summed E-state index contributed by atoms with van der Waals surface area (Å²) in [6.07, 6.45) is 2.97. The number of thiazole rings is 1. The lowest BCUT2D eigenvalue weighted by Gasteiger charge is -2.18. The smallest absolute Gasteiger partial charge is 0.191 e. The summed E-state index contributed by atoms with van der Waals surface area (Å²) in [6.45, 7) is 6.47. The van der Waals surface area contributed by atoms with E-state index in [4.69, 9.17) is 4.74 Å². The molecule has 0 fully saturated rings. The Morgan fingerprint density at radius 3 is 2.86 bits per heavy atom. The molecule has 21 heavy (non-hydrogen) atoms. The third-order valence-electron chi connectivity index (χ3n) is 3.00. The standard InChI is InChI=1S/C14H27N5OS/c1-12-17-10-13(21-12)11-18-14(15-2)16-6-8-19(3)7-5-9-20-4/h10H,5-9,11H2,1-4H3,(H2,15,16,18). The summed E-state index contributed by atoms with van der Waals surface area (Å²) in [5, 5.41) is 7.70. The normalized spacial score (nSPS) is 12.0. The summed E-state index contributed by atoms with van der Waals surface area (Å²) in [6, 6.07) is 0. The van der Waals surface area contributed by atoms with Gasteiger partial charge in [-0.1, -0.05) is 0 Å². The Bertz CT molecular complexity index is 421. The van der Waals surface area contributed by atoms with Crippen LogP contribution in [0.15, 0.2) is 11.2 Å². The molecule has 2 N–H and O–H groups in total. The summed E-state index contributed by atoms with van der Waals surface area (Å²) >= 11 is 1.70. The van der Waals surface area contributed by atoms with Crippen LogP contribution in [0.4, 0.5) is 0 Å². The number of ether oxygens (including phenoxy) is 1. The Balaban J connectivity index is 2.16. The summed E-state index contributed by atoms with van der Waals surface area (Å²) in [4.78, 5) is 12.0. The van der Waals surface area contributed by atoms with Gasteiger partial charge in [-0.3, -0.25) is 4.99 Å². The van der Waals surface area contributed by atoms with Gasteiger partial charge in [-0.15, -0.1) is 11.3 Å². The maximum atomic E-state index is 5.05. The van der Waals surface area contributed by atoms with E-state index in [-0.39, 0.29) is 0 Å². The van der Waals surface area contributed by atoms with Gasteiger partial charge in [0.1, 0.15) is 0 Å². The first-order valence-electron chi connectivity index (χ1n) is 7.19. The quantitative estimate of drug-likeness (QED) is 0.406. The van der Waals surface area contributed by atoms with E-state index in [1.807, 2.05) is 13.1 Å². The molecular weight excluding hydrogens is 286 g/mol. The highest BCUT2D eigenvalue weighted by molar-refractivity contribution is 7.11. The third-order valence-corrected chi connectivity index (χ3v) is 3.91. The Morgan fingerprint density at radius 1 is 1.43 bits per heavy atom. The maximum Gasteiger partial charge on any atom is 0.191 e. The second-order valence-electron chi connectivity index (χ2n) is 4.85. The number of aromatic nitrogens is 1. The molecule has 1 rings (SSSR count). The van der Waals surface area contributed by atoms with E-state index in [1.165, 1.54) is 4.88 Å². The average Bonchev–Trinajstić information content (AvgIpc) is 2.88. The zero-order valence-electron chi connectivity index (χ0n) is 13.5. The summed E-state index contributed by atoms with van der Waals surface area (Å²) in [7, 11) is 5.64. The van der Waals surface area contributed by atoms with Crippen LogP contribution in [0.2, 0.25) is 0 Å². The SMILES string of the molecule is CN=C(NCCN(C)CCCOC)NCc1cnc(C)s1. The lowest BCUT2D eigenvalue weighted by molar-refractivity contribution is 0.180. The predicted octanol–water partition coefficient (Wildman–Crippen LogP) is 1.08. The monoisotopic (exact) mass is 313 g/mol. The number of hydrogen-bond donors (Lipinski definition) is 2. The minimum Gasteiger partial charge on any atom is -0.385 e. The van der Waals surface area contributed by atoms with Gasteiger partial charge in [0, 0.05) is 51.5 Å². The van der Waals surface area contributed by atoms with Gasteiger partial charge in [0.15, 0.2) is 5.96 Å². The molecule has 0 amide bonds. The van der Waals surface area contributed by atoms with Gasteiger partial charge < -0.3 is 20.3 Å². The number of methoxy groups -OCH3 is 1. The first-order chi connectivity index (χ1) is 10.2. The van der Waals surface area contributed by atoms with Crippen molar-refractivity contribution in [1.29, 1.82) is 0 Å². The Kier molecular flexibility index (Phi) is 8.96. The van der Waals surface area contributed by atoms with Crippen molar-refractivity contribution in [3.05, 3.63) is 16.1 Å². The predicted molar refractivity (Wildman–Crippen MR) is 89.0 cm³/mol. The van der Waals surface area contributed by atoms with E-state index in [2.05, 4.69) is 32.6 Å². The van der Waals surface area contributed by atoms with Crippen molar-refractivity contribution >= 4 is 17.3 Å². The average molecular weight is 313 g/mol. The van der Waals surface area contributed by atoms with Crippen LogP contribution in [-0.2, 0) is 11.3 Å². The maximum absolute atomic E-state index is 5.05. The van der Waals surface area contributed by atoms with E-state index in [0.29, 0.717) is 0 Å². The fourth-order valence-corrected chi connectivity index (χ4v) is 2.57. The van der Waals surface area contributed by atoms with Crippen LogP contribution in [0.5, 0.6) is 0 Å². The van der Waals surface area contributed by atoms with Crippen LogP contribution >= 0.6 is 11.3 Å². The first kappa shape index (κ1) is 17.9. The van der Waals surface area contributed by atoms with E-state index >= 15 is 0 Å². The van der Waals surface area contributed by atoms with Crippen molar-refractivity contribution in [3.63, 3.8) is 0 Å². The van der Waals surface area contributed by atoms with Gasteiger partial charge in [0.25, 0.3) is 0 Å². The number of aliphatic imine (C=N–C) groups is 1. The molecular formula is C14H27N5OS. The number of aryl methyl sites for hydroxylation is 1. The first-order valence-corrected chi connectivity index (χ1v) is 8.00. The lowest BCUT2D eigenvalue weighted by Crippen LogP contribution is -2.40. The molecule has 0 aliphatic carbocycles. The van der Waals surface area contributed by atoms with E-state index < -0.39 is 0 Å². The molecule has 1 aromatic heterocycles. The molecule has 0 aliphatic rings. The number of nitrogens with one attached hydrogen (secondary N) is 2. The van der Waals surface area contributed by atoms with Crippen molar-refractivity contribution in [1.82, 2.24) is 20.5 Å². The summed E-state index contributed by atoms with van der Waals surface area (Å²) < 4.78 is 5.05. The van der Waals surface area contributed by atoms with Gasteiger partial charge >= 0.3 is 0 Å². The van der Waals surface area contributed by atoms with Crippen LogP contribution in [0.25, 0.3) is 0 Å². The second kappa shape index (κ2) is 10.5. The molecule has 7 heteroatoms. The molecule has 0 aliphatic heterocycles. The highest BCUT2D eigenvalue weighted by Gasteiger charge is 2.02. The Labute approximate surface area is 131 Å². The Morgan fingerprint density at radius 2 is 2.24 bits per heavy atom. The Hall–Kier alpha value is -1.18. The molecule has 0 saturated carbocycles. The van der Waals surface area contributed by atoms with Gasteiger partial charge in [0.05, 0.1) is 11.6 Å². The fourth-order valence-electron chi connectivity index (χ4n) is 1.83. The van der Waals surface area contributed by atoms with Gasteiger partial charge in [0.2, 0.25) is 0 Å². The lowest BCUT2D eigenvalue weighted by atomic mass is 10.4. The van der Waals surface area contributed by atoms with Crippen LogP contribution in [-0.4, -0.2) is 63.3 Å². The van der Waals surface area contributed by atoms with Gasteiger partial charge in [-0.25, -0.2) is 4.98 Å². The summed E-state index contributed by atoms with van der Waals surface area (Å²) in [5.41, 5.74) is 0. The van der Waals surface area contributed by atoms with Crippen LogP contribution in [0.3, 0.4) is 0 Å². The molecule has 0 unspecified atom stereocenters. The topological polar surface area (TPSA) is 61.8 Å². The largest absolute Gasteiger partial charge is 0.385 e. The molecule has 120 valence electrons. The van der Waals surface area contributed by atoms with Crippen molar-refractivity contribution < 1.29 is 4.74 Å². The minimum atomic E-state index is 0.759. The van der Waals surface area contributed by atoms with Gasteiger partial charge in [-0.2, -0.15) is 0 Å². The van der Waals surface area contributed by atoms with Crippen LogP contribution in [0.1, 0.15) is 16.3 Å².